The van der Waals surface area contributed by atoms with Crippen LogP contribution in [0.3, 0.4) is 0 Å². The van der Waals surface area contributed by atoms with Crippen LogP contribution in [0.1, 0.15) is 11.1 Å². The predicted octanol–water partition coefficient (Wildman–Crippen LogP) is 5.36. The van der Waals surface area contributed by atoms with Gasteiger partial charge in [0, 0.05) is 15.6 Å². The molecule has 4 nitrogen and oxygen atoms in total. The average Bonchev–Trinajstić information content (AvgIpc) is 2.86. The highest BCUT2D eigenvalue weighted by Crippen LogP contribution is 2.31. The maximum atomic E-state index is 11.6. The summed E-state index contributed by atoms with van der Waals surface area (Å²) in [5.41, 5.74) is 1.42. The quantitative estimate of drug-likeness (QED) is 0.663. The SMILES string of the molecule is N=C1NC(=O)C(=Cc2ccc(OCc3c(Cl)cccc3Cl)c(Cl)c2)S1. The molecule has 0 spiro atoms. The van der Waals surface area contributed by atoms with E-state index in [0.29, 0.717) is 31.3 Å². The molecule has 1 heterocycles. The molecule has 1 fully saturated rings. The van der Waals surface area contributed by atoms with Gasteiger partial charge in [-0.15, -0.1) is 0 Å². The highest BCUT2D eigenvalue weighted by Gasteiger charge is 2.22. The normalized spacial score (nSPS) is 15.6. The van der Waals surface area contributed by atoms with Gasteiger partial charge in [-0.2, -0.15) is 0 Å². The first-order valence-corrected chi connectivity index (χ1v) is 9.04. The van der Waals surface area contributed by atoms with Crippen molar-refractivity contribution in [2.45, 2.75) is 6.61 Å². The highest BCUT2D eigenvalue weighted by atomic mass is 35.5. The average molecular weight is 414 g/mol. The van der Waals surface area contributed by atoms with Crippen LogP contribution in [0.2, 0.25) is 15.1 Å². The van der Waals surface area contributed by atoms with Gasteiger partial charge >= 0.3 is 0 Å². The summed E-state index contributed by atoms with van der Waals surface area (Å²) in [6.07, 6.45) is 1.67. The third-order valence-corrected chi connectivity index (χ3v) is 5.18. The Morgan fingerprint density at radius 2 is 1.84 bits per heavy atom. The van der Waals surface area contributed by atoms with Crippen LogP contribution in [0.4, 0.5) is 0 Å². The zero-order chi connectivity index (χ0) is 18.0. The first kappa shape index (κ1) is 18.1. The number of rotatable bonds is 4. The number of amides is 1. The Morgan fingerprint density at radius 1 is 1.12 bits per heavy atom. The summed E-state index contributed by atoms with van der Waals surface area (Å²) in [6.45, 7) is 0.189. The van der Waals surface area contributed by atoms with Crippen molar-refractivity contribution in [3.8, 4) is 5.75 Å². The van der Waals surface area contributed by atoms with Gasteiger partial charge in [-0.25, -0.2) is 0 Å². The molecule has 1 saturated heterocycles. The first-order chi connectivity index (χ1) is 11.9. The van der Waals surface area contributed by atoms with E-state index in [0.717, 1.165) is 17.3 Å². The number of nitrogens with one attached hydrogen (secondary N) is 2. The van der Waals surface area contributed by atoms with E-state index in [1.807, 2.05) is 0 Å². The largest absolute Gasteiger partial charge is 0.487 e. The van der Waals surface area contributed by atoms with E-state index in [4.69, 9.17) is 44.9 Å². The third-order valence-electron chi connectivity index (χ3n) is 3.35. The zero-order valence-corrected chi connectivity index (χ0v) is 15.7. The Bertz CT molecular complexity index is 879. The van der Waals surface area contributed by atoms with Crippen molar-refractivity contribution in [1.82, 2.24) is 5.32 Å². The lowest BCUT2D eigenvalue weighted by atomic mass is 10.2. The summed E-state index contributed by atoms with van der Waals surface area (Å²) in [7, 11) is 0. The molecule has 0 aromatic heterocycles. The van der Waals surface area contributed by atoms with Crippen LogP contribution in [-0.4, -0.2) is 11.1 Å². The van der Waals surface area contributed by atoms with E-state index in [9.17, 15) is 4.79 Å². The molecule has 0 saturated carbocycles. The number of carbonyl (C=O) groups excluding carboxylic acids is 1. The molecule has 3 rings (SSSR count). The van der Waals surface area contributed by atoms with Gasteiger partial charge in [0.1, 0.15) is 12.4 Å². The predicted molar refractivity (Wildman–Crippen MR) is 104 cm³/mol. The zero-order valence-electron chi connectivity index (χ0n) is 12.6. The second-order valence-electron chi connectivity index (χ2n) is 5.07. The van der Waals surface area contributed by atoms with Crippen LogP contribution < -0.4 is 10.1 Å². The maximum absolute atomic E-state index is 11.6. The fourth-order valence-corrected chi connectivity index (χ4v) is 3.59. The third kappa shape index (κ3) is 4.30. The van der Waals surface area contributed by atoms with Crippen LogP contribution in [0.15, 0.2) is 41.3 Å². The molecule has 2 aromatic carbocycles. The molecular formula is C17H11Cl3N2O2S. The van der Waals surface area contributed by atoms with Crippen molar-refractivity contribution in [1.29, 1.82) is 5.41 Å². The molecule has 25 heavy (non-hydrogen) atoms. The molecule has 8 heteroatoms. The Hall–Kier alpha value is -1.66. The van der Waals surface area contributed by atoms with Gasteiger partial charge in [-0.1, -0.05) is 46.9 Å². The minimum Gasteiger partial charge on any atom is -0.487 e. The second-order valence-corrected chi connectivity index (χ2v) is 7.35. The van der Waals surface area contributed by atoms with Gasteiger partial charge in [-0.05, 0) is 47.7 Å². The van der Waals surface area contributed by atoms with Gasteiger partial charge in [0.25, 0.3) is 5.91 Å². The molecule has 0 atom stereocenters. The van der Waals surface area contributed by atoms with Crippen molar-refractivity contribution in [2.24, 2.45) is 0 Å². The van der Waals surface area contributed by atoms with E-state index < -0.39 is 0 Å². The van der Waals surface area contributed by atoms with Gasteiger partial charge in [0.05, 0.1) is 9.93 Å². The number of amidine groups is 1. The van der Waals surface area contributed by atoms with Crippen molar-refractivity contribution >= 4 is 63.7 Å². The molecule has 1 amide bonds. The number of benzene rings is 2. The molecule has 0 bridgehead atoms. The van der Waals surface area contributed by atoms with Crippen molar-refractivity contribution in [3.05, 3.63) is 67.5 Å². The molecule has 128 valence electrons. The fraction of sp³-hybridized carbons (Fsp3) is 0.0588. The Morgan fingerprint density at radius 3 is 2.44 bits per heavy atom. The smallest absolute Gasteiger partial charge is 0.264 e. The Labute approximate surface area is 163 Å². The number of hydrogen-bond acceptors (Lipinski definition) is 4. The minimum absolute atomic E-state index is 0.110. The molecule has 0 unspecified atom stereocenters. The van der Waals surface area contributed by atoms with Crippen LogP contribution in [0.5, 0.6) is 5.75 Å². The van der Waals surface area contributed by atoms with E-state index in [1.165, 1.54) is 0 Å². The first-order valence-electron chi connectivity index (χ1n) is 7.09. The lowest BCUT2D eigenvalue weighted by molar-refractivity contribution is -0.115. The topological polar surface area (TPSA) is 62.2 Å². The lowest BCUT2D eigenvalue weighted by Gasteiger charge is -2.11. The van der Waals surface area contributed by atoms with Crippen LogP contribution in [-0.2, 0) is 11.4 Å². The molecule has 0 aliphatic carbocycles. The summed E-state index contributed by atoms with van der Waals surface area (Å²) >= 11 is 19.6. The standard InChI is InChI=1S/C17H11Cl3N2O2S/c18-11-2-1-3-12(19)10(11)8-24-14-5-4-9(6-13(14)20)7-15-16(23)22-17(21)25-15/h1-7H,8H2,(H2,21,22,23). The molecular weight excluding hydrogens is 403 g/mol. The Balaban J connectivity index is 1.75. The van der Waals surface area contributed by atoms with Crippen LogP contribution in [0.25, 0.3) is 6.08 Å². The van der Waals surface area contributed by atoms with E-state index in [-0.39, 0.29) is 17.7 Å². The van der Waals surface area contributed by atoms with E-state index >= 15 is 0 Å². The molecule has 1 aliphatic rings. The molecule has 2 aromatic rings. The maximum Gasteiger partial charge on any atom is 0.264 e. The molecule has 0 radical (unpaired) electrons. The fourth-order valence-electron chi connectivity index (χ4n) is 2.14. The summed E-state index contributed by atoms with van der Waals surface area (Å²) in [4.78, 5) is 12.1. The van der Waals surface area contributed by atoms with Gasteiger partial charge in [0.15, 0.2) is 5.17 Å². The van der Waals surface area contributed by atoms with Crippen LogP contribution in [0, 0.1) is 5.41 Å². The van der Waals surface area contributed by atoms with Gasteiger partial charge in [0.2, 0.25) is 0 Å². The summed E-state index contributed by atoms with van der Waals surface area (Å²) in [5, 5.41) is 11.4. The van der Waals surface area contributed by atoms with E-state index in [2.05, 4.69) is 5.32 Å². The summed E-state index contributed by atoms with van der Waals surface area (Å²) in [6, 6.07) is 10.4. The van der Waals surface area contributed by atoms with E-state index in [1.54, 1.807) is 42.5 Å². The van der Waals surface area contributed by atoms with Crippen LogP contribution >= 0.6 is 46.6 Å². The number of carbonyl (C=O) groups is 1. The number of hydrogen-bond donors (Lipinski definition) is 2. The van der Waals surface area contributed by atoms with Crippen molar-refractivity contribution in [2.75, 3.05) is 0 Å². The van der Waals surface area contributed by atoms with Crippen molar-refractivity contribution < 1.29 is 9.53 Å². The summed E-state index contributed by atoms with van der Waals surface area (Å²) in [5.74, 6) is 0.191. The number of ether oxygens (including phenoxy) is 1. The number of halogens is 3. The number of thioether (sulfide) groups is 1. The van der Waals surface area contributed by atoms with Crippen molar-refractivity contribution in [3.63, 3.8) is 0 Å². The highest BCUT2D eigenvalue weighted by molar-refractivity contribution is 8.18. The Kier molecular flexibility index (Phi) is 5.59. The summed E-state index contributed by atoms with van der Waals surface area (Å²) < 4.78 is 5.71. The lowest BCUT2D eigenvalue weighted by Crippen LogP contribution is -2.18. The van der Waals surface area contributed by atoms with Gasteiger partial charge < -0.3 is 10.1 Å². The molecule has 2 N–H and O–H groups in total. The van der Waals surface area contributed by atoms with Gasteiger partial charge in [-0.3, -0.25) is 10.2 Å². The second kappa shape index (κ2) is 7.70. The molecule has 1 aliphatic heterocycles. The minimum atomic E-state index is -0.292. The monoisotopic (exact) mass is 412 g/mol.